The molecule has 5 nitrogen and oxygen atoms in total. The Kier molecular flexibility index (Phi) is 5.07. The lowest BCUT2D eigenvalue weighted by atomic mass is 9.95. The summed E-state index contributed by atoms with van der Waals surface area (Å²) in [7, 11) is 1.40. The average Bonchev–Trinajstić information content (AvgIpc) is 2.53. The van der Waals surface area contributed by atoms with E-state index in [2.05, 4.69) is 22.3 Å². The molecule has 0 radical (unpaired) electrons. The molecule has 1 heterocycles. The fourth-order valence-electron chi connectivity index (χ4n) is 2.28. The van der Waals surface area contributed by atoms with Gasteiger partial charge in [-0.2, -0.15) is 0 Å². The van der Waals surface area contributed by atoms with Gasteiger partial charge in [-0.05, 0) is 38.1 Å². The summed E-state index contributed by atoms with van der Waals surface area (Å²) in [4.78, 5) is 13.9. The number of methoxy groups -OCH3 is 1. The van der Waals surface area contributed by atoms with Crippen LogP contribution in [0, 0.1) is 5.41 Å². The van der Waals surface area contributed by atoms with Gasteiger partial charge < -0.3 is 19.7 Å². The van der Waals surface area contributed by atoms with Crippen LogP contribution in [-0.4, -0.2) is 45.9 Å². The number of nitrogens with zero attached hydrogens (tertiary/aromatic N) is 1. The fourth-order valence-corrected chi connectivity index (χ4v) is 2.28. The standard InChI is InChI=1S/C16H24N2O3/c1-16(2,15(19)20-3)12-21-14-6-4-13(5-7-14)18-10-8-17-9-11-18/h4-7,17H,8-12H2,1-3H3. The molecule has 0 spiro atoms. The summed E-state index contributed by atoms with van der Waals surface area (Å²) in [5.74, 6) is 0.505. The summed E-state index contributed by atoms with van der Waals surface area (Å²) in [5.41, 5.74) is 0.558. The van der Waals surface area contributed by atoms with Crippen LogP contribution in [0.1, 0.15) is 13.8 Å². The molecule has 0 unspecified atom stereocenters. The van der Waals surface area contributed by atoms with Crippen molar-refractivity contribution >= 4 is 11.7 Å². The van der Waals surface area contributed by atoms with Gasteiger partial charge in [-0.15, -0.1) is 0 Å². The van der Waals surface area contributed by atoms with E-state index in [1.165, 1.54) is 12.8 Å². The number of hydrogen-bond acceptors (Lipinski definition) is 5. The van der Waals surface area contributed by atoms with Crippen LogP contribution in [0.3, 0.4) is 0 Å². The molecule has 1 fully saturated rings. The number of carbonyl (C=O) groups is 1. The van der Waals surface area contributed by atoms with Crippen molar-refractivity contribution in [1.29, 1.82) is 0 Å². The molecule has 2 rings (SSSR count). The van der Waals surface area contributed by atoms with E-state index in [4.69, 9.17) is 9.47 Å². The molecule has 1 aliphatic heterocycles. The quantitative estimate of drug-likeness (QED) is 0.837. The maximum absolute atomic E-state index is 11.6. The first-order chi connectivity index (χ1) is 10.0. The maximum Gasteiger partial charge on any atom is 0.314 e. The van der Waals surface area contributed by atoms with Crippen molar-refractivity contribution in [3.63, 3.8) is 0 Å². The van der Waals surface area contributed by atoms with Gasteiger partial charge in [0, 0.05) is 31.9 Å². The molecule has 116 valence electrons. The fraction of sp³-hybridized carbons (Fsp3) is 0.562. The third-order valence-corrected chi connectivity index (χ3v) is 3.66. The minimum atomic E-state index is -0.647. The molecule has 21 heavy (non-hydrogen) atoms. The molecular weight excluding hydrogens is 268 g/mol. The predicted molar refractivity (Wildman–Crippen MR) is 82.8 cm³/mol. The zero-order valence-corrected chi connectivity index (χ0v) is 13.0. The highest BCUT2D eigenvalue weighted by molar-refractivity contribution is 5.75. The van der Waals surface area contributed by atoms with Crippen molar-refractivity contribution in [3.8, 4) is 5.75 Å². The maximum atomic E-state index is 11.6. The van der Waals surface area contributed by atoms with E-state index in [-0.39, 0.29) is 5.97 Å². The number of carbonyl (C=O) groups excluding carboxylic acids is 1. The van der Waals surface area contributed by atoms with Crippen molar-refractivity contribution in [1.82, 2.24) is 5.32 Å². The summed E-state index contributed by atoms with van der Waals surface area (Å²) >= 11 is 0. The second kappa shape index (κ2) is 6.80. The minimum absolute atomic E-state index is 0.264. The topological polar surface area (TPSA) is 50.8 Å². The molecule has 1 saturated heterocycles. The molecule has 1 N–H and O–H groups in total. The molecule has 1 aliphatic rings. The lowest BCUT2D eigenvalue weighted by molar-refractivity contribution is -0.152. The second-order valence-corrected chi connectivity index (χ2v) is 5.90. The van der Waals surface area contributed by atoms with Crippen molar-refractivity contribution in [3.05, 3.63) is 24.3 Å². The number of benzene rings is 1. The molecule has 0 aromatic heterocycles. The third kappa shape index (κ3) is 4.11. The molecule has 1 aromatic carbocycles. The van der Waals surface area contributed by atoms with Crippen LogP contribution < -0.4 is 15.0 Å². The first kappa shape index (κ1) is 15.6. The van der Waals surface area contributed by atoms with Gasteiger partial charge in [0.2, 0.25) is 0 Å². The smallest absolute Gasteiger partial charge is 0.314 e. The molecule has 0 bridgehead atoms. The zero-order valence-electron chi connectivity index (χ0n) is 13.0. The van der Waals surface area contributed by atoms with Gasteiger partial charge in [0.15, 0.2) is 0 Å². The first-order valence-electron chi connectivity index (χ1n) is 7.30. The van der Waals surface area contributed by atoms with Gasteiger partial charge in [-0.3, -0.25) is 4.79 Å². The molecule has 1 aromatic rings. The van der Waals surface area contributed by atoms with E-state index in [1.807, 2.05) is 26.0 Å². The molecular formula is C16H24N2O3. The molecule has 0 amide bonds. The number of anilines is 1. The minimum Gasteiger partial charge on any atom is -0.492 e. The first-order valence-corrected chi connectivity index (χ1v) is 7.30. The van der Waals surface area contributed by atoms with Gasteiger partial charge in [-0.1, -0.05) is 0 Å². The summed E-state index contributed by atoms with van der Waals surface area (Å²) in [6, 6.07) is 8.02. The molecule has 0 atom stereocenters. The van der Waals surface area contributed by atoms with Gasteiger partial charge >= 0.3 is 5.97 Å². The van der Waals surface area contributed by atoms with Crippen molar-refractivity contribution in [2.75, 3.05) is 44.8 Å². The van der Waals surface area contributed by atoms with E-state index in [0.29, 0.717) is 6.61 Å². The van der Waals surface area contributed by atoms with Gasteiger partial charge in [0.25, 0.3) is 0 Å². The van der Waals surface area contributed by atoms with E-state index in [9.17, 15) is 4.79 Å². The Morgan fingerprint density at radius 1 is 1.24 bits per heavy atom. The molecule has 5 heteroatoms. The Balaban J connectivity index is 1.91. The third-order valence-electron chi connectivity index (χ3n) is 3.66. The van der Waals surface area contributed by atoms with E-state index in [0.717, 1.165) is 31.9 Å². The zero-order chi connectivity index (χ0) is 15.3. The normalized spacial score (nSPS) is 15.7. The Labute approximate surface area is 126 Å². The Morgan fingerprint density at radius 2 is 1.86 bits per heavy atom. The predicted octanol–water partition coefficient (Wildman–Crippen LogP) is 1.67. The van der Waals surface area contributed by atoms with Crippen molar-refractivity contribution < 1.29 is 14.3 Å². The molecule has 0 saturated carbocycles. The van der Waals surface area contributed by atoms with Crippen molar-refractivity contribution in [2.24, 2.45) is 5.41 Å². The highest BCUT2D eigenvalue weighted by Gasteiger charge is 2.29. The highest BCUT2D eigenvalue weighted by atomic mass is 16.5. The SMILES string of the molecule is COC(=O)C(C)(C)COc1ccc(N2CCNCC2)cc1. The van der Waals surface area contributed by atoms with Crippen LogP contribution in [-0.2, 0) is 9.53 Å². The summed E-state index contributed by atoms with van der Waals surface area (Å²) in [6.07, 6.45) is 0. The van der Waals surface area contributed by atoms with Gasteiger partial charge in [-0.25, -0.2) is 0 Å². The second-order valence-electron chi connectivity index (χ2n) is 5.90. The van der Waals surface area contributed by atoms with Crippen LogP contribution >= 0.6 is 0 Å². The van der Waals surface area contributed by atoms with Crippen LogP contribution in [0.4, 0.5) is 5.69 Å². The number of nitrogens with one attached hydrogen (secondary N) is 1. The van der Waals surface area contributed by atoms with E-state index < -0.39 is 5.41 Å². The summed E-state index contributed by atoms with van der Waals surface area (Å²) in [5, 5.41) is 3.34. The lowest BCUT2D eigenvalue weighted by Crippen LogP contribution is -2.43. The van der Waals surface area contributed by atoms with Gasteiger partial charge in [0.05, 0.1) is 12.5 Å². The summed E-state index contributed by atoms with van der Waals surface area (Å²) < 4.78 is 10.5. The van der Waals surface area contributed by atoms with Gasteiger partial charge in [0.1, 0.15) is 12.4 Å². The van der Waals surface area contributed by atoms with E-state index >= 15 is 0 Å². The van der Waals surface area contributed by atoms with Crippen LogP contribution in [0.5, 0.6) is 5.75 Å². The number of ether oxygens (including phenoxy) is 2. The molecule has 0 aliphatic carbocycles. The number of hydrogen-bond donors (Lipinski definition) is 1. The monoisotopic (exact) mass is 292 g/mol. The highest BCUT2D eigenvalue weighted by Crippen LogP contribution is 2.23. The number of piperazine rings is 1. The Morgan fingerprint density at radius 3 is 2.43 bits per heavy atom. The van der Waals surface area contributed by atoms with Crippen molar-refractivity contribution in [2.45, 2.75) is 13.8 Å². The van der Waals surface area contributed by atoms with Crippen LogP contribution in [0.15, 0.2) is 24.3 Å². The van der Waals surface area contributed by atoms with Crippen LogP contribution in [0.2, 0.25) is 0 Å². The summed E-state index contributed by atoms with van der Waals surface area (Å²) in [6.45, 7) is 8.01. The number of esters is 1. The van der Waals surface area contributed by atoms with Crippen LogP contribution in [0.25, 0.3) is 0 Å². The Bertz CT molecular complexity index is 465. The average molecular weight is 292 g/mol. The number of rotatable bonds is 5. The lowest BCUT2D eigenvalue weighted by Gasteiger charge is -2.29. The van der Waals surface area contributed by atoms with E-state index in [1.54, 1.807) is 0 Å². The Hall–Kier alpha value is -1.75. The largest absolute Gasteiger partial charge is 0.492 e.